The predicted molar refractivity (Wildman–Crippen MR) is 111 cm³/mol. The molecule has 3 aromatic rings. The van der Waals surface area contributed by atoms with E-state index in [1.807, 2.05) is 0 Å². The zero-order valence-electron chi connectivity index (χ0n) is 16.8. The highest BCUT2D eigenvalue weighted by molar-refractivity contribution is 6.07. The topological polar surface area (TPSA) is 89.6 Å². The van der Waals surface area contributed by atoms with E-state index in [0.717, 1.165) is 0 Å². The van der Waals surface area contributed by atoms with E-state index in [1.165, 1.54) is 49.7 Å². The molecule has 0 atom stereocenters. The van der Waals surface area contributed by atoms with Crippen LogP contribution in [0.2, 0.25) is 0 Å². The van der Waals surface area contributed by atoms with E-state index in [1.54, 1.807) is 24.3 Å². The van der Waals surface area contributed by atoms with Gasteiger partial charge in [-0.15, -0.1) is 0 Å². The molecule has 3 rings (SSSR count). The van der Waals surface area contributed by atoms with Crippen molar-refractivity contribution < 1.29 is 32.2 Å². The van der Waals surface area contributed by atoms with Gasteiger partial charge in [-0.1, -0.05) is 12.1 Å². The lowest BCUT2D eigenvalue weighted by Gasteiger charge is -2.12. The molecule has 2 aromatic carbocycles. The number of amides is 2. The van der Waals surface area contributed by atoms with Crippen LogP contribution in [0.1, 0.15) is 20.7 Å². The lowest BCUT2D eigenvalue weighted by atomic mass is 10.1. The van der Waals surface area contributed by atoms with E-state index >= 15 is 0 Å². The summed E-state index contributed by atoms with van der Waals surface area (Å²) in [6, 6.07) is 15.6. The van der Waals surface area contributed by atoms with Gasteiger partial charge in [0.25, 0.3) is 11.8 Å². The van der Waals surface area contributed by atoms with Gasteiger partial charge < -0.3 is 20.1 Å². The van der Waals surface area contributed by atoms with Crippen molar-refractivity contribution in [3.05, 3.63) is 78.0 Å². The number of hydrogen-bond donors (Lipinski definition) is 2. The maximum Gasteiger partial charge on any atom is 0.422 e. The van der Waals surface area contributed by atoms with E-state index in [2.05, 4.69) is 20.4 Å². The van der Waals surface area contributed by atoms with Gasteiger partial charge >= 0.3 is 6.18 Å². The quantitative estimate of drug-likeness (QED) is 0.558. The lowest BCUT2D eigenvalue weighted by Crippen LogP contribution is -2.22. The molecule has 166 valence electrons. The summed E-state index contributed by atoms with van der Waals surface area (Å²) in [5.41, 5.74) is 0.994. The van der Waals surface area contributed by atoms with Crippen LogP contribution < -0.4 is 20.1 Å². The first-order valence-electron chi connectivity index (χ1n) is 9.27. The molecule has 0 aliphatic carbocycles. The summed E-state index contributed by atoms with van der Waals surface area (Å²) in [7, 11) is 1.49. The van der Waals surface area contributed by atoms with E-state index in [9.17, 15) is 22.8 Å². The molecule has 2 amide bonds. The third kappa shape index (κ3) is 5.97. The fourth-order valence-electron chi connectivity index (χ4n) is 2.67. The monoisotopic (exact) mass is 445 g/mol. The Bertz CT molecular complexity index is 1100. The third-order valence-corrected chi connectivity index (χ3v) is 4.15. The second-order valence-electron chi connectivity index (χ2n) is 6.45. The first-order valence-corrected chi connectivity index (χ1v) is 9.27. The van der Waals surface area contributed by atoms with Crippen LogP contribution in [0.3, 0.4) is 0 Å². The Morgan fingerprint density at radius 1 is 0.938 bits per heavy atom. The summed E-state index contributed by atoms with van der Waals surface area (Å²) in [6.07, 6.45) is -3.34. The molecule has 0 radical (unpaired) electrons. The standard InChI is InChI=1S/C22H18F3N3O4/c1-31-18-7-3-2-6-17(18)28-19(29)14-8-10-15(11-9-14)27-20(30)16-5-4-12-26-21(16)32-13-22(23,24)25/h2-12H,13H2,1H3,(H,27,30)(H,28,29). The number of para-hydroxylation sites is 2. The Balaban J connectivity index is 1.67. The number of aromatic nitrogens is 1. The predicted octanol–water partition coefficient (Wildman–Crippen LogP) is 4.54. The molecular weight excluding hydrogens is 427 g/mol. The van der Waals surface area contributed by atoms with Crippen LogP contribution in [-0.2, 0) is 0 Å². The summed E-state index contributed by atoms with van der Waals surface area (Å²) in [6.45, 7) is -1.57. The van der Waals surface area contributed by atoms with Gasteiger partial charge in [0.15, 0.2) is 6.61 Å². The molecule has 1 aromatic heterocycles. The zero-order valence-corrected chi connectivity index (χ0v) is 16.8. The van der Waals surface area contributed by atoms with Crippen LogP contribution in [0.15, 0.2) is 66.9 Å². The summed E-state index contributed by atoms with van der Waals surface area (Å²) >= 11 is 0. The molecule has 1 heterocycles. The Hall–Kier alpha value is -4.08. The van der Waals surface area contributed by atoms with Gasteiger partial charge in [-0.2, -0.15) is 13.2 Å². The zero-order chi connectivity index (χ0) is 23.1. The summed E-state index contributed by atoms with van der Waals surface area (Å²) in [5.74, 6) is -1.02. The number of methoxy groups -OCH3 is 1. The van der Waals surface area contributed by atoms with Crippen molar-refractivity contribution in [3.8, 4) is 11.6 Å². The highest BCUT2D eigenvalue weighted by Crippen LogP contribution is 2.24. The third-order valence-electron chi connectivity index (χ3n) is 4.15. The van der Waals surface area contributed by atoms with Gasteiger partial charge in [-0.3, -0.25) is 9.59 Å². The summed E-state index contributed by atoms with van der Waals surface area (Å²) in [4.78, 5) is 28.6. The minimum atomic E-state index is -4.56. The molecular formula is C22H18F3N3O4. The minimum Gasteiger partial charge on any atom is -0.495 e. The van der Waals surface area contributed by atoms with Crippen LogP contribution in [0.25, 0.3) is 0 Å². The smallest absolute Gasteiger partial charge is 0.422 e. The molecule has 0 fully saturated rings. The van der Waals surface area contributed by atoms with Crippen LogP contribution in [0.5, 0.6) is 11.6 Å². The van der Waals surface area contributed by atoms with E-state index < -0.39 is 24.6 Å². The van der Waals surface area contributed by atoms with E-state index in [4.69, 9.17) is 4.74 Å². The molecule has 0 aliphatic heterocycles. The van der Waals surface area contributed by atoms with Crippen LogP contribution in [0, 0.1) is 0 Å². The van der Waals surface area contributed by atoms with Crippen molar-refractivity contribution in [2.75, 3.05) is 24.4 Å². The number of benzene rings is 2. The highest BCUT2D eigenvalue weighted by atomic mass is 19.4. The SMILES string of the molecule is COc1ccccc1NC(=O)c1ccc(NC(=O)c2cccnc2OCC(F)(F)F)cc1. The Labute approximate surface area is 181 Å². The number of carbonyl (C=O) groups is 2. The van der Waals surface area contributed by atoms with Gasteiger partial charge in [0.2, 0.25) is 5.88 Å². The van der Waals surface area contributed by atoms with Crippen LogP contribution >= 0.6 is 0 Å². The molecule has 0 bridgehead atoms. The largest absolute Gasteiger partial charge is 0.495 e. The second-order valence-corrected chi connectivity index (χ2v) is 6.45. The first kappa shape index (κ1) is 22.6. The van der Waals surface area contributed by atoms with Crippen molar-refractivity contribution in [3.63, 3.8) is 0 Å². The van der Waals surface area contributed by atoms with Gasteiger partial charge in [0.05, 0.1) is 12.8 Å². The number of nitrogens with zero attached hydrogens (tertiary/aromatic N) is 1. The average Bonchev–Trinajstić information content (AvgIpc) is 2.78. The molecule has 0 saturated carbocycles. The van der Waals surface area contributed by atoms with Crippen LogP contribution in [0.4, 0.5) is 24.5 Å². The number of alkyl halides is 3. The fraction of sp³-hybridized carbons (Fsp3) is 0.136. The lowest BCUT2D eigenvalue weighted by molar-refractivity contribution is -0.154. The van der Waals surface area contributed by atoms with Gasteiger partial charge in [-0.25, -0.2) is 4.98 Å². The number of anilines is 2. The number of rotatable bonds is 7. The molecule has 2 N–H and O–H groups in total. The van der Waals surface area contributed by atoms with Gasteiger partial charge in [0.1, 0.15) is 11.3 Å². The van der Waals surface area contributed by atoms with Gasteiger partial charge in [0, 0.05) is 17.4 Å². The number of halogens is 3. The molecule has 7 nitrogen and oxygen atoms in total. The first-order chi connectivity index (χ1) is 15.3. The Morgan fingerprint density at radius 3 is 2.34 bits per heavy atom. The molecule has 10 heteroatoms. The normalized spacial score (nSPS) is 10.9. The molecule has 0 spiro atoms. The molecule has 0 aliphatic rings. The van der Waals surface area contributed by atoms with Gasteiger partial charge in [-0.05, 0) is 48.5 Å². The highest BCUT2D eigenvalue weighted by Gasteiger charge is 2.29. The van der Waals surface area contributed by atoms with Crippen molar-refractivity contribution in [2.45, 2.75) is 6.18 Å². The maximum atomic E-state index is 12.5. The van der Waals surface area contributed by atoms with E-state index in [-0.39, 0.29) is 11.5 Å². The molecule has 32 heavy (non-hydrogen) atoms. The average molecular weight is 445 g/mol. The number of nitrogens with one attached hydrogen (secondary N) is 2. The number of carbonyl (C=O) groups excluding carboxylic acids is 2. The Kier molecular flexibility index (Phi) is 6.93. The fourth-order valence-corrected chi connectivity index (χ4v) is 2.67. The maximum absolute atomic E-state index is 12.5. The second kappa shape index (κ2) is 9.82. The van der Waals surface area contributed by atoms with Crippen molar-refractivity contribution in [2.24, 2.45) is 0 Å². The number of pyridine rings is 1. The van der Waals surface area contributed by atoms with E-state index in [0.29, 0.717) is 22.7 Å². The Morgan fingerprint density at radius 2 is 1.66 bits per heavy atom. The van der Waals surface area contributed by atoms with Crippen LogP contribution in [-0.4, -0.2) is 36.7 Å². The number of hydrogen-bond acceptors (Lipinski definition) is 5. The molecule has 0 unspecified atom stereocenters. The molecule has 0 saturated heterocycles. The minimum absolute atomic E-state index is 0.158. The van der Waals surface area contributed by atoms with Crippen molar-refractivity contribution in [1.82, 2.24) is 4.98 Å². The van der Waals surface area contributed by atoms with Crippen molar-refractivity contribution in [1.29, 1.82) is 0 Å². The summed E-state index contributed by atoms with van der Waals surface area (Å²) in [5, 5.41) is 5.27. The van der Waals surface area contributed by atoms with Crippen molar-refractivity contribution >= 4 is 23.2 Å². The number of ether oxygens (including phenoxy) is 2. The summed E-state index contributed by atoms with van der Waals surface area (Å²) < 4.78 is 47.1.